The first-order valence-corrected chi connectivity index (χ1v) is 6.82. The molecule has 1 aromatic heterocycles. The Bertz CT molecular complexity index is 420. The monoisotopic (exact) mass is 263 g/mol. The molecule has 0 bridgehead atoms. The minimum atomic E-state index is -0.158. The van der Waals surface area contributed by atoms with Crippen molar-refractivity contribution in [3.05, 3.63) is 17.8 Å². The van der Waals surface area contributed by atoms with Crippen LogP contribution in [0.1, 0.15) is 49.5 Å². The fraction of sp³-hybridized carbons (Fsp3) is 0.615. The van der Waals surface area contributed by atoms with E-state index in [0.717, 1.165) is 6.42 Å². The number of rotatable bonds is 3. The van der Waals surface area contributed by atoms with E-state index in [1.807, 2.05) is 0 Å². The summed E-state index contributed by atoms with van der Waals surface area (Å²) in [5.41, 5.74) is 2.71. The molecule has 0 saturated heterocycles. The van der Waals surface area contributed by atoms with E-state index in [1.165, 1.54) is 25.7 Å². The fourth-order valence-corrected chi connectivity index (χ4v) is 2.48. The molecule has 1 saturated carbocycles. The smallest absolute Gasteiger partial charge is 0.272 e. The summed E-state index contributed by atoms with van der Waals surface area (Å²) in [4.78, 5) is 12.1. The summed E-state index contributed by atoms with van der Waals surface area (Å²) in [7, 11) is 0. The summed E-state index contributed by atoms with van der Waals surface area (Å²) in [6.45, 7) is 2.20. The molecule has 0 aliphatic heterocycles. The maximum atomic E-state index is 12.1. The van der Waals surface area contributed by atoms with Crippen LogP contribution in [-0.4, -0.2) is 22.1 Å². The van der Waals surface area contributed by atoms with Gasteiger partial charge in [-0.25, -0.2) is 5.84 Å². The summed E-state index contributed by atoms with van der Waals surface area (Å²) in [5.74, 6) is 6.01. The number of nitrogen functional groups attached to an aromatic ring is 1. The first-order valence-electron chi connectivity index (χ1n) is 6.82. The Hall–Kier alpha value is -1.69. The Balaban J connectivity index is 1.98. The van der Waals surface area contributed by atoms with Gasteiger partial charge in [-0.15, -0.1) is 10.2 Å². The van der Waals surface area contributed by atoms with Crippen LogP contribution in [0.5, 0.6) is 0 Å². The zero-order valence-corrected chi connectivity index (χ0v) is 11.2. The van der Waals surface area contributed by atoms with Crippen LogP contribution in [-0.2, 0) is 0 Å². The van der Waals surface area contributed by atoms with Gasteiger partial charge >= 0.3 is 0 Å². The third kappa shape index (κ3) is 3.64. The van der Waals surface area contributed by atoms with Crippen LogP contribution in [0.3, 0.4) is 0 Å². The molecule has 0 spiro atoms. The first kappa shape index (κ1) is 13.7. The number of hydrogen-bond donors (Lipinski definition) is 3. The molecule has 104 valence electrons. The highest BCUT2D eigenvalue weighted by Gasteiger charge is 2.22. The van der Waals surface area contributed by atoms with Crippen LogP contribution in [0, 0.1) is 5.92 Å². The summed E-state index contributed by atoms with van der Waals surface area (Å²) in [6, 6.07) is 3.50. The lowest BCUT2D eigenvalue weighted by Gasteiger charge is -2.22. The second kappa shape index (κ2) is 6.47. The third-order valence-corrected chi connectivity index (χ3v) is 3.72. The number of hydrazine groups is 1. The van der Waals surface area contributed by atoms with Crippen molar-refractivity contribution in [1.82, 2.24) is 15.5 Å². The van der Waals surface area contributed by atoms with Crippen LogP contribution in [0.25, 0.3) is 0 Å². The highest BCUT2D eigenvalue weighted by Crippen LogP contribution is 2.23. The SMILES string of the molecule is CC1CCCCCC1NC(=O)c1ccc(NN)nn1. The van der Waals surface area contributed by atoms with E-state index < -0.39 is 0 Å². The van der Waals surface area contributed by atoms with Gasteiger partial charge in [0.05, 0.1) is 0 Å². The molecule has 2 atom stereocenters. The predicted molar refractivity (Wildman–Crippen MR) is 73.3 cm³/mol. The van der Waals surface area contributed by atoms with E-state index in [0.29, 0.717) is 17.4 Å². The van der Waals surface area contributed by atoms with E-state index in [9.17, 15) is 4.79 Å². The van der Waals surface area contributed by atoms with Gasteiger partial charge in [-0.05, 0) is 30.9 Å². The minimum Gasteiger partial charge on any atom is -0.348 e. The Labute approximate surface area is 113 Å². The van der Waals surface area contributed by atoms with Crippen LogP contribution in [0.15, 0.2) is 12.1 Å². The number of nitrogens with one attached hydrogen (secondary N) is 2. The van der Waals surface area contributed by atoms with Gasteiger partial charge in [0.2, 0.25) is 0 Å². The molecular formula is C13H21N5O. The third-order valence-electron chi connectivity index (χ3n) is 3.72. The molecule has 6 nitrogen and oxygen atoms in total. The molecule has 1 amide bonds. The predicted octanol–water partition coefficient (Wildman–Crippen LogP) is 1.46. The van der Waals surface area contributed by atoms with Crippen molar-refractivity contribution in [2.24, 2.45) is 11.8 Å². The number of aromatic nitrogens is 2. The van der Waals surface area contributed by atoms with Crippen molar-refractivity contribution >= 4 is 11.7 Å². The van der Waals surface area contributed by atoms with Gasteiger partial charge < -0.3 is 10.7 Å². The van der Waals surface area contributed by atoms with Crippen LogP contribution < -0.4 is 16.6 Å². The average Bonchev–Trinajstić information content (AvgIpc) is 2.64. The van der Waals surface area contributed by atoms with Gasteiger partial charge in [-0.1, -0.05) is 26.2 Å². The molecule has 6 heteroatoms. The summed E-state index contributed by atoms with van der Waals surface area (Å²) >= 11 is 0. The van der Waals surface area contributed by atoms with Crippen molar-refractivity contribution < 1.29 is 4.79 Å². The Kier molecular flexibility index (Phi) is 4.68. The largest absolute Gasteiger partial charge is 0.348 e. The molecule has 1 fully saturated rings. The highest BCUT2D eigenvalue weighted by atomic mass is 16.2. The van der Waals surface area contributed by atoms with Gasteiger partial charge in [0.1, 0.15) is 0 Å². The van der Waals surface area contributed by atoms with Gasteiger partial charge in [-0.3, -0.25) is 4.79 Å². The van der Waals surface area contributed by atoms with Crippen LogP contribution >= 0.6 is 0 Å². The number of nitrogens with two attached hydrogens (primary N) is 1. The lowest BCUT2D eigenvalue weighted by molar-refractivity contribution is 0.0915. The molecule has 1 aliphatic carbocycles. The van der Waals surface area contributed by atoms with Crippen molar-refractivity contribution in [3.63, 3.8) is 0 Å². The highest BCUT2D eigenvalue weighted by molar-refractivity contribution is 5.92. The molecular weight excluding hydrogens is 242 g/mol. The Morgan fingerprint density at radius 3 is 2.74 bits per heavy atom. The van der Waals surface area contributed by atoms with Crippen molar-refractivity contribution in [2.45, 2.75) is 45.1 Å². The maximum Gasteiger partial charge on any atom is 0.272 e. The molecule has 2 rings (SSSR count). The van der Waals surface area contributed by atoms with Gasteiger partial charge in [-0.2, -0.15) is 0 Å². The zero-order valence-electron chi connectivity index (χ0n) is 11.2. The fourth-order valence-electron chi connectivity index (χ4n) is 2.48. The molecule has 19 heavy (non-hydrogen) atoms. The number of amides is 1. The van der Waals surface area contributed by atoms with Crippen LogP contribution in [0.2, 0.25) is 0 Å². The molecule has 2 unspecified atom stereocenters. The normalized spacial score (nSPS) is 23.5. The van der Waals surface area contributed by atoms with E-state index in [-0.39, 0.29) is 11.9 Å². The maximum absolute atomic E-state index is 12.1. The standard InChI is InChI=1S/C13H21N5O/c1-9-5-3-2-4-6-10(9)15-13(19)11-7-8-12(16-14)18-17-11/h7-10H,2-6,14H2,1H3,(H,15,19)(H,16,18). The second-order valence-corrected chi connectivity index (χ2v) is 5.14. The lowest BCUT2D eigenvalue weighted by atomic mass is 9.97. The molecule has 1 aliphatic rings. The van der Waals surface area contributed by atoms with Crippen molar-refractivity contribution in [3.8, 4) is 0 Å². The van der Waals surface area contributed by atoms with Gasteiger partial charge in [0, 0.05) is 6.04 Å². The number of anilines is 1. The number of hydrogen-bond acceptors (Lipinski definition) is 5. The molecule has 0 aromatic carbocycles. The van der Waals surface area contributed by atoms with Crippen molar-refractivity contribution in [1.29, 1.82) is 0 Å². The Morgan fingerprint density at radius 2 is 2.05 bits per heavy atom. The van der Waals surface area contributed by atoms with E-state index >= 15 is 0 Å². The summed E-state index contributed by atoms with van der Waals surface area (Å²) in [5, 5.41) is 10.7. The lowest BCUT2D eigenvalue weighted by Crippen LogP contribution is -2.39. The molecule has 1 aromatic rings. The number of nitrogens with zero attached hydrogens (tertiary/aromatic N) is 2. The Morgan fingerprint density at radius 1 is 1.26 bits per heavy atom. The topological polar surface area (TPSA) is 92.9 Å². The van der Waals surface area contributed by atoms with E-state index in [1.54, 1.807) is 12.1 Å². The van der Waals surface area contributed by atoms with E-state index in [4.69, 9.17) is 5.84 Å². The average molecular weight is 263 g/mol. The number of carbonyl (C=O) groups excluding carboxylic acids is 1. The summed E-state index contributed by atoms with van der Waals surface area (Å²) < 4.78 is 0. The second-order valence-electron chi connectivity index (χ2n) is 5.14. The van der Waals surface area contributed by atoms with Crippen molar-refractivity contribution in [2.75, 3.05) is 5.43 Å². The van der Waals surface area contributed by atoms with Crippen LogP contribution in [0.4, 0.5) is 5.82 Å². The quantitative estimate of drug-likeness (QED) is 0.436. The summed E-state index contributed by atoms with van der Waals surface area (Å²) in [6.07, 6.45) is 5.91. The number of carbonyl (C=O) groups is 1. The zero-order chi connectivity index (χ0) is 13.7. The molecule has 1 heterocycles. The minimum absolute atomic E-state index is 0.158. The molecule has 4 N–H and O–H groups in total. The van der Waals surface area contributed by atoms with E-state index in [2.05, 4.69) is 27.9 Å². The molecule has 0 radical (unpaired) electrons. The van der Waals surface area contributed by atoms with Gasteiger partial charge in [0.25, 0.3) is 5.91 Å². The first-order chi connectivity index (χ1) is 9.20. The van der Waals surface area contributed by atoms with Gasteiger partial charge in [0.15, 0.2) is 11.5 Å².